The van der Waals surface area contributed by atoms with E-state index in [2.05, 4.69) is 10.1 Å². The highest BCUT2D eigenvalue weighted by Gasteiger charge is 2.43. The Labute approximate surface area is 121 Å². The number of hydrogen-bond donors (Lipinski definition) is 1. The van der Waals surface area contributed by atoms with E-state index in [0.717, 1.165) is 0 Å². The van der Waals surface area contributed by atoms with Gasteiger partial charge in [0.05, 0.1) is 12.0 Å². The number of hydrogen-bond acceptors (Lipinski definition) is 5. The summed E-state index contributed by atoms with van der Waals surface area (Å²) in [7, 11) is 3.74. The molecular formula is C13H21F3N4O. The van der Waals surface area contributed by atoms with E-state index < -0.39 is 18.1 Å². The number of alkyl halides is 3. The second-order valence-corrected chi connectivity index (χ2v) is 5.96. The van der Waals surface area contributed by atoms with Gasteiger partial charge >= 0.3 is 6.18 Å². The number of nitrogens with zero attached hydrogens (tertiary/aromatic N) is 3. The first-order chi connectivity index (χ1) is 9.77. The minimum absolute atomic E-state index is 0.0219. The highest BCUT2D eigenvalue weighted by atomic mass is 19.4. The highest BCUT2D eigenvalue weighted by Crippen LogP contribution is 2.43. The molecule has 2 N–H and O–H groups in total. The quantitative estimate of drug-likeness (QED) is 0.925. The average molecular weight is 306 g/mol. The Morgan fingerprint density at radius 3 is 2.71 bits per heavy atom. The zero-order valence-electron chi connectivity index (χ0n) is 12.2. The number of rotatable bonds is 4. The van der Waals surface area contributed by atoms with Crippen molar-refractivity contribution in [2.24, 2.45) is 11.7 Å². The van der Waals surface area contributed by atoms with Crippen molar-refractivity contribution in [3.63, 3.8) is 0 Å². The van der Waals surface area contributed by atoms with Gasteiger partial charge in [-0.15, -0.1) is 0 Å². The Balaban J connectivity index is 2.03. The first-order valence-electron chi connectivity index (χ1n) is 7.08. The lowest BCUT2D eigenvalue weighted by Crippen LogP contribution is -2.28. The average Bonchev–Trinajstić information content (AvgIpc) is 2.86. The van der Waals surface area contributed by atoms with Crippen molar-refractivity contribution < 1.29 is 17.7 Å². The lowest BCUT2D eigenvalue weighted by molar-refractivity contribution is -0.183. The van der Waals surface area contributed by atoms with Gasteiger partial charge in [-0.1, -0.05) is 11.6 Å². The Hall–Kier alpha value is -1.15. The molecule has 3 atom stereocenters. The maximum absolute atomic E-state index is 12.8. The number of likely N-dealkylation sites (N-methyl/N-ethyl adjacent to an activating group) is 1. The minimum Gasteiger partial charge on any atom is -0.339 e. The van der Waals surface area contributed by atoms with Gasteiger partial charge in [0.25, 0.3) is 0 Å². The first-order valence-corrected chi connectivity index (χ1v) is 7.08. The summed E-state index contributed by atoms with van der Waals surface area (Å²) in [5.74, 6) is -0.957. The van der Waals surface area contributed by atoms with Gasteiger partial charge in [0.15, 0.2) is 5.82 Å². The fourth-order valence-corrected chi connectivity index (χ4v) is 2.75. The van der Waals surface area contributed by atoms with Crippen LogP contribution < -0.4 is 5.73 Å². The molecule has 0 radical (unpaired) electrons. The van der Waals surface area contributed by atoms with Crippen LogP contribution in [-0.2, 0) is 0 Å². The largest absolute Gasteiger partial charge is 0.391 e. The van der Waals surface area contributed by atoms with Crippen molar-refractivity contribution in [1.82, 2.24) is 15.0 Å². The summed E-state index contributed by atoms with van der Waals surface area (Å²) in [5, 5.41) is 3.81. The summed E-state index contributed by atoms with van der Waals surface area (Å²) in [6.45, 7) is 0.550. The molecule has 0 spiro atoms. The fourth-order valence-electron chi connectivity index (χ4n) is 2.75. The third kappa shape index (κ3) is 4.16. The molecule has 2 rings (SSSR count). The van der Waals surface area contributed by atoms with Crippen molar-refractivity contribution in [3.05, 3.63) is 11.7 Å². The molecule has 8 heteroatoms. The second kappa shape index (κ2) is 6.31. The molecule has 120 valence electrons. The van der Waals surface area contributed by atoms with Crippen LogP contribution in [-0.4, -0.2) is 41.9 Å². The molecule has 21 heavy (non-hydrogen) atoms. The summed E-state index contributed by atoms with van der Waals surface area (Å²) in [6.07, 6.45) is -2.77. The predicted octanol–water partition coefficient (Wildman–Crippen LogP) is 2.47. The van der Waals surface area contributed by atoms with Gasteiger partial charge in [-0.25, -0.2) is 0 Å². The van der Waals surface area contributed by atoms with E-state index in [1.165, 1.54) is 0 Å². The Morgan fingerprint density at radius 1 is 1.38 bits per heavy atom. The van der Waals surface area contributed by atoms with Crippen molar-refractivity contribution in [2.75, 3.05) is 20.6 Å². The molecule has 1 fully saturated rings. The van der Waals surface area contributed by atoms with E-state index in [4.69, 9.17) is 10.3 Å². The van der Waals surface area contributed by atoms with E-state index in [1.807, 2.05) is 19.0 Å². The monoisotopic (exact) mass is 306 g/mol. The third-order valence-corrected chi connectivity index (χ3v) is 3.84. The zero-order chi connectivity index (χ0) is 15.6. The molecule has 1 aliphatic rings. The number of nitrogens with two attached hydrogens (primary N) is 1. The molecule has 0 saturated heterocycles. The van der Waals surface area contributed by atoms with Gasteiger partial charge in [0, 0.05) is 12.5 Å². The SMILES string of the molecule is CN(C)CC(N)c1noc(C2CCCC(C(F)(F)F)C2)n1. The predicted molar refractivity (Wildman–Crippen MR) is 70.5 cm³/mol. The van der Waals surface area contributed by atoms with Crippen LogP contribution in [0.5, 0.6) is 0 Å². The molecule has 1 aromatic rings. The topological polar surface area (TPSA) is 68.2 Å². The number of halogens is 3. The Kier molecular flexibility index (Phi) is 4.88. The molecule has 0 aromatic carbocycles. The van der Waals surface area contributed by atoms with E-state index in [-0.39, 0.29) is 24.7 Å². The molecule has 5 nitrogen and oxygen atoms in total. The Morgan fingerprint density at radius 2 is 2.10 bits per heavy atom. The fraction of sp³-hybridized carbons (Fsp3) is 0.846. The van der Waals surface area contributed by atoms with Crippen LogP contribution in [0, 0.1) is 5.92 Å². The van der Waals surface area contributed by atoms with Crippen molar-refractivity contribution in [3.8, 4) is 0 Å². The summed E-state index contributed by atoms with van der Waals surface area (Å²) in [6, 6.07) is -0.403. The molecule has 3 unspecified atom stereocenters. The van der Waals surface area contributed by atoms with Crippen molar-refractivity contribution >= 4 is 0 Å². The summed E-state index contributed by atoms with van der Waals surface area (Å²) >= 11 is 0. The van der Waals surface area contributed by atoms with Crippen LogP contribution in [0.4, 0.5) is 13.2 Å². The van der Waals surface area contributed by atoms with Gasteiger partial charge in [-0.05, 0) is 33.4 Å². The smallest absolute Gasteiger partial charge is 0.339 e. The molecular weight excluding hydrogens is 285 g/mol. The van der Waals surface area contributed by atoms with Crippen LogP contribution in [0.2, 0.25) is 0 Å². The lowest BCUT2D eigenvalue weighted by atomic mass is 9.81. The highest BCUT2D eigenvalue weighted by molar-refractivity contribution is 5.00. The standard InChI is InChI=1S/C13H21F3N4O/c1-20(2)7-10(17)11-18-12(21-19-11)8-4-3-5-9(6-8)13(14,15)16/h8-10H,3-7,17H2,1-2H3. The molecule has 0 bridgehead atoms. The molecule has 1 heterocycles. The molecule has 1 saturated carbocycles. The second-order valence-electron chi connectivity index (χ2n) is 5.96. The summed E-state index contributed by atoms with van der Waals surface area (Å²) in [4.78, 5) is 6.10. The van der Waals surface area contributed by atoms with Gasteiger partial charge in [-0.2, -0.15) is 18.2 Å². The summed E-state index contributed by atoms with van der Waals surface area (Å²) in [5.41, 5.74) is 5.93. The Bertz CT molecular complexity index is 461. The molecule has 1 aromatic heterocycles. The zero-order valence-corrected chi connectivity index (χ0v) is 12.2. The first kappa shape index (κ1) is 16.2. The van der Waals surface area contributed by atoms with Crippen LogP contribution in [0.1, 0.15) is 49.4 Å². The normalized spacial score (nSPS) is 25.3. The van der Waals surface area contributed by atoms with Crippen molar-refractivity contribution in [1.29, 1.82) is 0 Å². The molecule has 1 aliphatic carbocycles. The van der Waals surface area contributed by atoms with Crippen LogP contribution >= 0.6 is 0 Å². The maximum atomic E-state index is 12.8. The minimum atomic E-state index is -4.15. The molecule has 0 amide bonds. The van der Waals surface area contributed by atoms with Crippen molar-refractivity contribution in [2.45, 2.75) is 43.8 Å². The maximum Gasteiger partial charge on any atom is 0.391 e. The van der Waals surface area contributed by atoms with Gasteiger partial charge in [-0.3, -0.25) is 0 Å². The lowest BCUT2D eigenvalue weighted by Gasteiger charge is -2.28. The van der Waals surface area contributed by atoms with Gasteiger partial charge < -0.3 is 15.2 Å². The van der Waals surface area contributed by atoms with E-state index in [1.54, 1.807) is 0 Å². The van der Waals surface area contributed by atoms with E-state index in [0.29, 0.717) is 25.2 Å². The molecule has 0 aliphatic heterocycles. The van der Waals surface area contributed by atoms with Gasteiger partial charge in [0.1, 0.15) is 0 Å². The van der Waals surface area contributed by atoms with Crippen LogP contribution in [0.25, 0.3) is 0 Å². The summed E-state index contributed by atoms with van der Waals surface area (Å²) < 4.78 is 43.6. The number of aromatic nitrogens is 2. The third-order valence-electron chi connectivity index (χ3n) is 3.84. The van der Waals surface area contributed by atoms with Crippen LogP contribution in [0.15, 0.2) is 4.52 Å². The van der Waals surface area contributed by atoms with Gasteiger partial charge in [0.2, 0.25) is 5.89 Å². The van der Waals surface area contributed by atoms with E-state index >= 15 is 0 Å². The van der Waals surface area contributed by atoms with E-state index in [9.17, 15) is 13.2 Å². The van der Waals surface area contributed by atoms with Crippen LogP contribution in [0.3, 0.4) is 0 Å².